The van der Waals surface area contributed by atoms with E-state index in [-0.39, 0.29) is 24.5 Å². The lowest BCUT2D eigenvalue weighted by Crippen LogP contribution is -2.50. The first-order valence-corrected chi connectivity index (χ1v) is 12.0. The van der Waals surface area contributed by atoms with Gasteiger partial charge in [-0.1, -0.05) is 30.3 Å². The Morgan fingerprint density at radius 3 is 2.12 bits per heavy atom. The molecule has 0 aliphatic carbocycles. The maximum absolute atomic E-state index is 12.8. The van der Waals surface area contributed by atoms with Crippen molar-refractivity contribution in [2.45, 2.75) is 84.5 Å². The molecule has 1 aromatic rings. The molecule has 0 saturated carbocycles. The SMILES string of the molecule is CCOC(CC(=O)OCC(ON1C(C)(C)CC(C#N)C1(C)C)c1ccccc1)(OCC)OCC. The topological polar surface area (TPSA) is 90.3 Å². The van der Waals surface area contributed by atoms with Gasteiger partial charge in [0.2, 0.25) is 0 Å². The minimum atomic E-state index is -1.47. The van der Waals surface area contributed by atoms with Gasteiger partial charge >= 0.3 is 5.97 Å². The monoisotopic (exact) mass is 476 g/mol. The third-order valence-corrected chi connectivity index (χ3v) is 6.04. The van der Waals surface area contributed by atoms with Crippen molar-refractivity contribution in [3.8, 4) is 6.07 Å². The summed E-state index contributed by atoms with van der Waals surface area (Å²) in [6, 6.07) is 12.0. The van der Waals surface area contributed by atoms with E-state index in [9.17, 15) is 10.1 Å². The fourth-order valence-electron chi connectivity index (χ4n) is 4.55. The van der Waals surface area contributed by atoms with E-state index >= 15 is 0 Å². The molecule has 0 N–H and O–H groups in total. The zero-order valence-corrected chi connectivity index (χ0v) is 21.6. The number of nitriles is 1. The van der Waals surface area contributed by atoms with Crippen LogP contribution >= 0.6 is 0 Å². The average molecular weight is 477 g/mol. The van der Waals surface area contributed by atoms with Crippen molar-refractivity contribution in [1.29, 1.82) is 5.26 Å². The molecule has 2 atom stereocenters. The number of ether oxygens (including phenoxy) is 4. The molecule has 1 aliphatic heterocycles. The quantitative estimate of drug-likeness (QED) is 0.297. The first kappa shape index (κ1) is 28.2. The van der Waals surface area contributed by atoms with Gasteiger partial charge in [-0.3, -0.25) is 9.63 Å². The minimum Gasteiger partial charge on any atom is -0.462 e. The van der Waals surface area contributed by atoms with Crippen LogP contribution in [0.4, 0.5) is 0 Å². The van der Waals surface area contributed by atoms with Crippen LogP contribution in [0.25, 0.3) is 0 Å². The summed E-state index contributed by atoms with van der Waals surface area (Å²) in [7, 11) is 0. The summed E-state index contributed by atoms with van der Waals surface area (Å²) in [5.41, 5.74) is -0.00814. The third-order valence-electron chi connectivity index (χ3n) is 6.04. The Morgan fingerprint density at radius 2 is 1.65 bits per heavy atom. The molecule has 0 aromatic heterocycles. The van der Waals surface area contributed by atoms with E-state index in [1.54, 1.807) is 0 Å². The number of carbonyl (C=O) groups excluding carboxylic acids is 1. The Kier molecular flexibility index (Phi) is 10.0. The van der Waals surface area contributed by atoms with Gasteiger partial charge in [0.05, 0.1) is 17.5 Å². The van der Waals surface area contributed by atoms with Gasteiger partial charge < -0.3 is 18.9 Å². The largest absolute Gasteiger partial charge is 0.462 e. The zero-order chi connectivity index (χ0) is 25.4. The zero-order valence-electron chi connectivity index (χ0n) is 21.6. The standard InChI is InChI=1S/C26H40N2O6/c1-8-31-26(32-9-2,33-10-3)17-23(29)30-19-22(20-14-12-11-13-15-20)34-28-24(4,5)16-21(18-27)25(28,6)7/h11-15,21-22H,8-10,16-17,19H2,1-7H3. The van der Waals surface area contributed by atoms with Crippen LogP contribution in [-0.2, 0) is 28.6 Å². The van der Waals surface area contributed by atoms with Gasteiger partial charge in [-0.25, -0.2) is 0 Å². The normalized spacial score (nSPS) is 20.6. The number of rotatable bonds is 13. The molecule has 1 saturated heterocycles. The van der Waals surface area contributed by atoms with Gasteiger partial charge in [0.1, 0.15) is 19.1 Å². The number of benzene rings is 1. The van der Waals surface area contributed by atoms with E-state index in [2.05, 4.69) is 19.9 Å². The van der Waals surface area contributed by atoms with E-state index < -0.39 is 23.6 Å². The van der Waals surface area contributed by atoms with Crippen LogP contribution in [0.15, 0.2) is 30.3 Å². The van der Waals surface area contributed by atoms with Crippen LogP contribution in [0.3, 0.4) is 0 Å². The lowest BCUT2D eigenvalue weighted by Gasteiger charge is -2.41. The first-order chi connectivity index (χ1) is 16.0. The molecular weight excluding hydrogens is 436 g/mol. The maximum Gasteiger partial charge on any atom is 0.314 e. The predicted molar refractivity (Wildman–Crippen MR) is 127 cm³/mol. The van der Waals surface area contributed by atoms with Crippen molar-refractivity contribution < 1.29 is 28.6 Å². The lowest BCUT2D eigenvalue weighted by molar-refractivity contribution is -0.376. The maximum atomic E-state index is 12.8. The Labute approximate surface area is 204 Å². The fourth-order valence-corrected chi connectivity index (χ4v) is 4.55. The highest BCUT2D eigenvalue weighted by molar-refractivity contribution is 5.70. The van der Waals surface area contributed by atoms with Crippen LogP contribution in [-0.4, -0.2) is 54.5 Å². The van der Waals surface area contributed by atoms with Gasteiger partial charge in [-0.05, 0) is 60.5 Å². The predicted octanol–water partition coefficient (Wildman–Crippen LogP) is 4.76. The Bertz CT molecular complexity index is 803. The number of carbonyl (C=O) groups is 1. The lowest BCUT2D eigenvalue weighted by atomic mass is 9.88. The van der Waals surface area contributed by atoms with Crippen molar-refractivity contribution in [3.05, 3.63) is 35.9 Å². The number of esters is 1. The third kappa shape index (κ3) is 6.77. The average Bonchev–Trinajstić information content (AvgIpc) is 2.95. The summed E-state index contributed by atoms with van der Waals surface area (Å²) in [6.07, 6.45) is -0.0830. The molecule has 0 radical (unpaired) electrons. The van der Waals surface area contributed by atoms with Gasteiger partial charge in [0, 0.05) is 25.4 Å². The summed E-state index contributed by atoms with van der Waals surface area (Å²) in [4.78, 5) is 19.3. The summed E-state index contributed by atoms with van der Waals surface area (Å²) in [5.74, 6) is -2.18. The van der Waals surface area contributed by atoms with E-state index in [0.29, 0.717) is 26.2 Å². The van der Waals surface area contributed by atoms with Crippen LogP contribution in [0.2, 0.25) is 0 Å². The van der Waals surface area contributed by atoms with Crippen LogP contribution in [0.1, 0.15) is 73.0 Å². The van der Waals surface area contributed by atoms with Crippen molar-refractivity contribution >= 4 is 5.97 Å². The van der Waals surface area contributed by atoms with Crippen LogP contribution in [0.5, 0.6) is 0 Å². The molecule has 8 nitrogen and oxygen atoms in total. The summed E-state index contributed by atoms with van der Waals surface area (Å²) < 4.78 is 22.6. The molecule has 0 spiro atoms. The van der Waals surface area contributed by atoms with Gasteiger partial charge in [-0.2, -0.15) is 10.3 Å². The minimum absolute atomic E-state index is 0.0107. The highest BCUT2D eigenvalue weighted by Gasteiger charge is 2.53. The molecule has 0 amide bonds. The van der Waals surface area contributed by atoms with Crippen molar-refractivity contribution in [1.82, 2.24) is 5.06 Å². The van der Waals surface area contributed by atoms with E-state index in [1.807, 2.05) is 70.0 Å². The van der Waals surface area contributed by atoms with Crippen molar-refractivity contribution in [2.75, 3.05) is 26.4 Å². The van der Waals surface area contributed by atoms with Gasteiger partial charge in [-0.15, -0.1) is 0 Å². The summed E-state index contributed by atoms with van der Waals surface area (Å²) >= 11 is 0. The fraction of sp³-hybridized carbons (Fsp3) is 0.692. The molecule has 1 fully saturated rings. The Morgan fingerprint density at radius 1 is 1.09 bits per heavy atom. The van der Waals surface area contributed by atoms with Crippen LogP contribution < -0.4 is 0 Å². The summed E-state index contributed by atoms with van der Waals surface area (Å²) in [5, 5.41) is 11.6. The number of hydroxylamine groups is 2. The Hall–Kier alpha value is -2.02. The first-order valence-electron chi connectivity index (χ1n) is 12.0. The molecule has 8 heteroatoms. The number of nitrogens with zero attached hydrogens (tertiary/aromatic N) is 2. The number of hydrogen-bond acceptors (Lipinski definition) is 8. The highest BCUT2D eigenvalue weighted by Crippen LogP contribution is 2.46. The molecule has 2 rings (SSSR count). The second-order valence-corrected chi connectivity index (χ2v) is 9.49. The smallest absolute Gasteiger partial charge is 0.314 e. The van der Waals surface area contributed by atoms with E-state index in [0.717, 1.165) is 5.56 Å². The Balaban J connectivity index is 2.20. The van der Waals surface area contributed by atoms with Crippen molar-refractivity contribution in [3.63, 3.8) is 0 Å². The second-order valence-electron chi connectivity index (χ2n) is 9.49. The van der Waals surface area contributed by atoms with E-state index in [4.69, 9.17) is 23.8 Å². The molecule has 1 heterocycles. The molecule has 1 aliphatic rings. The molecule has 34 heavy (non-hydrogen) atoms. The highest BCUT2D eigenvalue weighted by atomic mass is 16.9. The van der Waals surface area contributed by atoms with Crippen molar-refractivity contribution in [2.24, 2.45) is 5.92 Å². The van der Waals surface area contributed by atoms with E-state index in [1.165, 1.54) is 0 Å². The molecule has 2 unspecified atom stereocenters. The van der Waals surface area contributed by atoms with Gasteiger partial charge in [0.25, 0.3) is 5.97 Å². The van der Waals surface area contributed by atoms with Crippen LogP contribution in [0, 0.1) is 17.2 Å². The molecule has 1 aromatic carbocycles. The number of hydrogen-bond donors (Lipinski definition) is 0. The second kappa shape index (κ2) is 12.1. The molecule has 0 bridgehead atoms. The molecule has 190 valence electrons. The van der Waals surface area contributed by atoms with Gasteiger partial charge in [0.15, 0.2) is 0 Å². The molecular formula is C26H40N2O6. The summed E-state index contributed by atoms with van der Waals surface area (Å²) in [6.45, 7) is 14.5.